The summed E-state index contributed by atoms with van der Waals surface area (Å²) in [6.07, 6.45) is 2.44. The molecule has 1 aromatic carbocycles. The number of nitrogens with zero attached hydrogens (tertiary/aromatic N) is 5. The Morgan fingerprint density at radius 1 is 1.21 bits per heavy atom. The number of thioether (sulfide) groups is 1. The Morgan fingerprint density at radius 2 is 2.03 bits per heavy atom. The van der Waals surface area contributed by atoms with Gasteiger partial charge in [0.15, 0.2) is 5.16 Å². The minimum atomic E-state index is -0.245. The lowest BCUT2D eigenvalue weighted by atomic mass is 10.2. The number of fused-ring (bicyclic) bond motifs is 1. The third kappa shape index (κ3) is 4.91. The first-order chi connectivity index (χ1) is 16.6. The Morgan fingerprint density at radius 3 is 2.82 bits per heavy atom. The highest BCUT2D eigenvalue weighted by Gasteiger charge is 2.31. The smallest absolute Gasteiger partial charge is 0.237 e. The number of amides is 2. The molecule has 0 spiro atoms. The molecule has 2 unspecified atom stereocenters. The number of hydrogen-bond donors (Lipinski definition) is 1. The van der Waals surface area contributed by atoms with Crippen LogP contribution in [0, 0.1) is 0 Å². The lowest BCUT2D eigenvalue weighted by Crippen LogP contribution is -2.40. The van der Waals surface area contributed by atoms with Crippen LogP contribution in [0.1, 0.15) is 26.2 Å². The van der Waals surface area contributed by atoms with Crippen molar-refractivity contribution in [3.05, 3.63) is 24.3 Å². The molecule has 11 heteroatoms. The van der Waals surface area contributed by atoms with Crippen LogP contribution in [0.5, 0.6) is 0 Å². The quantitative estimate of drug-likeness (QED) is 0.620. The van der Waals surface area contributed by atoms with Gasteiger partial charge >= 0.3 is 0 Å². The molecule has 0 radical (unpaired) electrons. The van der Waals surface area contributed by atoms with Crippen molar-refractivity contribution in [3.63, 3.8) is 0 Å². The number of carbonyl (C=O) groups is 2. The molecule has 182 valence electrons. The highest BCUT2D eigenvalue weighted by atomic mass is 32.2. The van der Waals surface area contributed by atoms with Crippen molar-refractivity contribution < 1.29 is 19.1 Å². The second-order valence-corrected chi connectivity index (χ2v) is 9.74. The van der Waals surface area contributed by atoms with Gasteiger partial charge in [-0.25, -0.2) is 0 Å². The fourth-order valence-electron chi connectivity index (χ4n) is 4.70. The zero-order valence-corrected chi connectivity index (χ0v) is 20.1. The molecule has 0 aliphatic carbocycles. The van der Waals surface area contributed by atoms with Gasteiger partial charge in [0, 0.05) is 32.2 Å². The van der Waals surface area contributed by atoms with E-state index in [1.165, 1.54) is 11.8 Å². The van der Waals surface area contributed by atoms with Crippen LogP contribution < -0.4 is 15.1 Å². The lowest BCUT2D eigenvalue weighted by molar-refractivity contribution is -0.117. The van der Waals surface area contributed by atoms with Crippen molar-refractivity contribution in [3.8, 4) is 0 Å². The summed E-state index contributed by atoms with van der Waals surface area (Å²) in [5, 5.41) is 12.5. The van der Waals surface area contributed by atoms with E-state index in [-0.39, 0.29) is 36.1 Å². The summed E-state index contributed by atoms with van der Waals surface area (Å²) in [6, 6.07) is 7.18. The molecule has 10 nitrogen and oxygen atoms in total. The predicted molar refractivity (Wildman–Crippen MR) is 129 cm³/mol. The summed E-state index contributed by atoms with van der Waals surface area (Å²) in [7, 11) is 0. The number of nitrogens with one attached hydrogen (secondary N) is 1. The van der Waals surface area contributed by atoms with Crippen LogP contribution in [-0.2, 0) is 25.6 Å². The summed E-state index contributed by atoms with van der Waals surface area (Å²) < 4.78 is 13.5. The number of aromatic nitrogens is 3. The minimum Gasteiger partial charge on any atom is -0.378 e. The Kier molecular flexibility index (Phi) is 7.02. The molecule has 3 aliphatic rings. The van der Waals surface area contributed by atoms with Crippen LogP contribution in [-0.4, -0.2) is 77.4 Å². The monoisotopic (exact) mass is 486 g/mol. The van der Waals surface area contributed by atoms with Gasteiger partial charge in [0.2, 0.25) is 17.8 Å². The van der Waals surface area contributed by atoms with Crippen molar-refractivity contribution in [2.75, 3.05) is 53.8 Å². The molecule has 5 rings (SSSR count). The first kappa shape index (κ1) is 23.1. The standard InChI is InChI=1S/C23H30N6O4S/c1-16-13-20(30)24-18-6-2-3-7-19(18)29(16)21(31)15-34-23-26-25-22(27-8-11-32-12-9-27)28(23)14-17-5-4-10-33-17/h2-3,6-7,16-17H,4-5,8-15H2,1H3,(H,24,30). The molecular formula is C23H30N6O4S. The first-order valence-corrected chi connectivity index (χ1v) is 12.8. The van der Waals surface area contributed by atoms with Gasteiger partial charge in [-0.2, -0.15) is 0 Å². The molecule has 1 N–H and O–H groups in total. The molecule has 2 atom stereocenters. The van der Waals surface area contributed by atoms with Gasteiger partial charge in [0.25, 0.3) is 0 Å². The van der Waals surface area contributed by atoms with Crippen LogP contribution in [0.25, 0.3) is 0 Å². The number of hydrogen-bond acceptors (Lipinski definition) is 8. The molecule has 2 saturated heterocycles. The fraction of sp³-hybridized carbons (Fsp3) is 0.565. The van der Waals surface area contributed by atoms with Crippen molar-refractivity contribution in [2.45, 2.75) is 50.0 Å². The highest BCUT2D eigenvalue weighted by molar-refractivity contribution is 7.99. The molecule has 4 heterocycles. The number of rotatable bonds is 6. The van der Waals surface area contributed by atoms with E-state index in [1.54, 1.807) is 4.90 Å². The van der Waals surface area contributed by atoms with Crippen molar-refractivity contribution in [1.29, 1.82) is 0 Å². The normalized spacial score (nSPS) is 22.9. The van der Waals surface area contributed by atoms with Gasteiger partial charge in [-0.3, -0.25) is 14.2 Å². The van der Waals surface area contributed by atoms with Gasteiger partial charge in [-0.15, -0.1) is 10.2 Å². The van der Waals surface area contributed by atoms with E-state index < -0.39 is 0 Å². The van der Waals surface area contributed by atoms with E-state index in [2.05, 4.69) is 25.0 Å². The topological polar surface area (TPSA) is 102 Å². The molecular weight excluding hydrogens is 456 g/mol. The van der Waals surface area contributed by atoms with Gasteiger partial charge in [-0.05, 0) is 31.9 Å². The lowest BCUT2D eigenvalue weighted by Gasteiger charge is -2.29. The highest BCUT2D eigenvalue weighted by Crippen LogP contribution is 2.33. The molecule has 3 aliphatic heterocycles. The number of ether oxygens (including phenoxy) is 2. The van der Waals surface area contributed by atoms with Gasteiger partial charge < -0.3 is 24.6 Å². The summed E-state index contributed by atoms with van der Waals surface area (Å²) >= 11 is 1.38. The largest absolute Gasteiger partial charge is 0.378 e. The fourth-order valence-corrected chi connectivity index (χ4v) is 5.50. The number of morpholine rings is 1. The summed E-state index contributed by atoms with van der Waals surface area (Å²) in [6.45, 7) is 6.18. The molecule has 1 aromatic heterocycles. The maximum atomic E-state index is 13.4. The van der Waals surface area contributed by atoms with Crippen LogP contribution in [0.4, 0.5) is 17.3 Å². The maximum absolute atomic E-state index is 13.4. The van der Waals surface area contributed by atoms with E-state index in [9.17, 15) is 9.59 Å². The predicted octanol–water partition coefficient (Wildman–Crippen LogP) is 2.15. The Bertz CT molecular complexity index is 1030. The average Bonchev–Trinajstić information content (AvgIpc) is 3.47. The van der Waals surface area contributed by atoms with E-state index in [0.717, 1.165) is 44.2 Å². The first-order valence-electron chi connectivity index (χ1n) is 11.8. The number of carbonyl (C=O) groups excluding carboxylic acids is 2. The summed E-state index contributed by atoms with van der Waals surface area (Å²) in [5.74, 6) is 0.840. The van der Waals surface area contributed by atoms with Gasteiger partial charge in [0.05, 0.1) is 43.0 Å². The van der Waals surface area contributed by atoms with Crippen LogP contribution in [0.2, 0.25) is 0 Å². The Hall–Kier alpha value is -2.63. The minimum absolute atomic E-state index is 0.0685. The molecule has 2 fully saturated rings. The summed E-state index contributed by atoms with van der Waals surface area (Å²) in [4.78, 5) is 29.6. The van der Waals surface area contributed by atoms with Gasteiger partial charge in [-0.1, -0.05) is 23.9 Å². The van der Waals surface area contributed by atoms with Crippen molar-refractivity contribution in [2.24, 2.45) is 0 Å². The van der Waals surface area contributed by atoms with E-state index in [1.807, 2.05) is 31.2 Å². The Balaban J connectivity index is 1.35. The molecule has 0 saturated carbocycles. The SMILES string of the molecule is CC1CC(=O)Nc2ccccc2N1C(=O)CSc1nnc(N2CCOCC2)n1CC1CCCO1. The second-order valence-electron chi connectivity index (χ2n) is 8.80. The van der Waals surface area contributed by atoms with Crippen LogP contribution in [0.15, 0.2) is 29.4 Å². The zero-order valence-electron chi connectivity index (χ0n) is 19.3. The number of para-hydroxylation sites is 2. The number of benzene rings is 1. The zero-order chi connectivity index (χ0) is 23.5. The van der Waals surface area contributed by atoms with E-state index >= 15 is 0 Å². The van der Waals surface area contributed by atoms with Gasteiger partial charge in [0.1, 0.15) is 0 Å². The average molecular weight is 487 g/mol. The third-order valence-electron chi connectivity index (χ3n) is 6.35. The molecule has 34 heavy (non-hydrogen) atoms. The Labute approximate surface area is 203 Å². The maximum Gasteiger partial charge on any atom is 0.237 e. The van der Waals surface area contributed by atoms with Crippen LogP contribution >= 0.6 is 11.8 Å². The third-order valence-corrected chi connectivity index (χ3v) is 7.31. The second kappa shape index (κ2) is 10.3. The molecule has 2 amide bonds. The van der Waals surface area contributed by atoms with E-state index in [4.69, 9.17) is 9.47 Å². The number of anilines is 3. The van der Waals surface area contributed by atoms with Crippen molar-refractivity contribution in [1.82, 2.24) is 14.8 Å². The molecule has 0 bridgehead atoms. The summed E-state index contributed by atoms with van der Waals surface area (Å²) in [5.41, 5.74) is 1.38. The van der Waals surface area contributed by atoms with Crippen molar-refractivity contribution >= 4 is 40.9 Å². The molecule has 2 aromatic rings. The van der Waals surface area contributed by atoms with Crippen LogP contribution in [0.3, 0.4) is 0 Å². The van der Waals surface area contributed by atoms with E-state index in [0.29, 0.717) is 30.6 Å².